The van der Waals surface area contributed by atoms with Gasteiger partial charge in [-0.15, -0.1) is 0 Å². The van der Waals surface area contributed by atoms with Crippen LogP contribution in [0.5, 0.6) is 17.2 Å². The van der Waals surface area contributed by atoms with Gasteiger partial charge in [0.25, 0.3) is 5.91 Å². The average molecular weight is 569 g/mol. The van der Waals surface area contributed by atoms with E-state index in [1.807, 2.05) is 25.1 Å². The first kappa shape index (κ1) is 30.4. The fourth-order valence-electron chi connectivity index (χ4n) is 3.93. The smallest absolute Gasteiger partial charge is 0.338 e. The first-order valence-electron chi connectivity index (χ1n) is 13.3. The SMILES string of the molecule is CCCCOc1ccc(C=NNC(=O)COc2ccccc2[C@H]2NC(=S)NC(C)=C2C(=O)OCC)cc1OCC. The molecule has 1 aliphatic rings. The van der Waals surface area contributed by atoms with Crippen molar-refractivity contribution < 1.29 is 28.5 Å². The van der Waals surface area contributed by atoms with Gasteiger partial charge < -0.3 is 29.6 Å². The molecule has 10 nitrogen and oxygen atoms in total. The second-order valence-electron chi connectivity index (χ2n) is 8.75. The molecule has 3 rings (SSSR count). The fourth-order valence-corrected chi connectivity index (χ4v) is 4.20. The normalized spacial score (nSPS) is 14.8. The summed E-state index contributed by atoms with van der Waals surface area (Å²) in [6, 6.07) is 12.0. The lowest BCUT2D eigenvalue weighted by atomic mass is 9.95. The number of rotatable bonds is 14. The number of allylic oxidation sites excluding steroid dienone is 1. The molecule has 0 aromatic heterocycles. The minimum atomic E-state index is -0.612. The van der Waals surface area contributed by atoms with Crippen molar-refractivity contribution in [3.63, 3.8) is 0 Å². The van der Waals surface area contributed by atoms with Crippen molar-refractivity contribution in [3.8, 4) is 17.2 Å². The summed E-state index contributed by atoms with van der Waals surface area (Å²) in [5.74, 6) is 0.776. The lowest BCUT2D eigenvalue weighted by Gasteiger charge is -2.30. The van der Waals surface area contributed by atoms with Crippen LogP contribution in [0, 0.1) is 0 Å². The van der Waals surface area contributed by atoms with E-state index in [9.17, 15) is 9.59 Å². The number of nitrogens with one attached hydrogen (secondary N) is 3. The second kappa shape index (κ2) is 15.5. The van der Waals surface area contributed by atoms with Crippen molar-refractivity contribution in [3.05, 3.63) is 64.9 Å². The van der Waals surface area contributed by atoms with Crippen molar-refractivity contribution in [2.45, 2.75) is 46.6 Å². The topological polar surface area (TPSA) is 120 Å². The van der Waals surface area contributed by atoms with Gasteiger partial charge in [0.05, 0.1) is 37.7 Å². The number of hydrogen-bond acceptors (Lipinski definition) is 8. The highest BCUT2D eigenvalue weighted by Gasteiger charge is 2.32. The third-order valence-electron chi connectivity index (χ3n) is 5.78. The third-order valence-corrected chi connectivity index (χ3v) is 6.00. The van der Waals surface area contributed by atoms with Gasteiger partial charge in [-0.25, -0.2) is 10.2 Å². The van der Waals surface area contributed by atoms with Gasteiger partial charge in [0, 0.05) is 11.3 Å². The van der Waals surface area contributed by atoms with Crippen LogP contribution in [0.1, 0.15) is 57.7 Å². The van der Waals surface area contributed by atoms with Crippen LogP contribution in [0.2, 0.25) is 0 Å². The molecule has 0 radical (unpaired) electrons. The molecule has 0 fully saturated rings. The Morgan fingerprint density at radius 2 is 1.82 bits per heavy atom. The molecular formula is C29H36N4O6S. The standard InChI is InChI=1S/C29H36N4O6S/c1-5-8-15-38-23-14-13-20(16-24(23)36-6-2)17-30-33-25(34)18-39-22-12-10-9-11-21(22)27-26(28(35)37-7-3)19(4)31-29(40)32-27/h9-14,16-17,27H,5-8,15,18H2,1-4H3,(H,33,34)(H2,31,32,40)/t27-/m1/s1. The minimum Gasteiger partial charge on any atom is -0.490 e. The van der Waals surface area contributed by atoms with Crippen LogP contribution in [0.4, 0.5) is 0 Å². The van der Waals surface area contributed by atoms with Crippen LogP contribution < -0.4 is 30.3 Å². The summed E-state index contributed by atoms with van der Waals surface area (Å²) >= 11 is 5.31. The van der Waals surface area contributed by atoms with Crippen molar-refractivity contribution in [2.24, 2.45) is 5.10 Å². The summed E-state index contributed by atoms with van der Waals surface area (Å²) in [4.78, 5) is 25.2. The number of hydrazone groups is 1. The molecule has 3 N–H and O–H groups in total. The maximum Gasteiger partial charge on any atom is 0.338 e. The molecule has 1 atom stereocenters. The molecule has 2 aromatic carbocycles. The van der Waals surface area contributed by atoms with Crippen molar-refractivity contribution >= 4 is 35.4 Å². The molecule has 1 heterocycles. The summed E-state index contributed by atoms with van der Waals surface area (Å²) in [5.41, 5.74) is 4.81. The molecule has 1 amide bonds. The highest BCUT2D eigenvalue weighted by Crippen LogP contribution is 2.33. The van der Waals surface area contributed by atoms with Gasteiger partial charge in [-0.05, 0) is 69.2 Å². The number of hydrogen-bond donors (Lipinski definition) is 3. The van der Waals surface area contributed by atoms with Crippen LogP contribution in [-0.2, 0) is 14.3 Å². The lowest BCUT2D eigenvalue weighted by molar-refractivity contribution is -0.139. The Hall–Kier alpha value is -4.12. The van der Waals surface area contributed by atoms with Gasteiger partial charge in [0.15, 0.2) is 23.2 Å². The lowest BCUT2D eigenvalue weighted by Crippen LogP contribution is -2.45. The molecule has 2 aromatic rings. The Balaban J connectivity index is 1.65. The van der Waals surface area contributed by atoms with Crippen LogP contribution in [0.3, 0.4) is 0 Å². The second-order valence-corrected chi connectivity index (χ2v) is 9.16. The first-order chi connectivity index (χ1) is 19.4. The largest absolute Gasteiger partial charge is 0.490 e. The van der Waals surface area contributed by atoms with E-state index >= 15 is 0 Å². The van der Waals surface area contributed by atoms with Crippen molar-refractivity contribution in [1.29, 1.82) is 0 Å². The molecule has 214 valence electrons. The first-order valence-corrected chi connectivity index (χ1v) is 13.7. The maximum atomic E-state index is 12.7. The maximum absolute atomic E-state index is 12.7. The predicted octanol–water partition coefficient (Wildman–Crippen LogP) is 4.15. The zero-order chi connectivity index (χ0) is 28.9. The molecule has 0 saturated carbocycles. The summed E-state index contributed by atoms with van der Waals surface area (Å²) in [5, 5.41) is 10.5. The van der Waals surface area contributed by atoms with Gasteiger partial charge >= 0.3 is 5.97 Å². The van der Waals surface area contributed by atoms with E-state index in [1.54, 1.807) is 38.1 Å². The Kier molecular flexibility index (Phi) is 11.8. The zero-order valence-electron chi connectivity index (χ0n) is 23.2. The molecule has 0 saturated heterocycles. The summed E-state index contributed by atoms with van der Waals surface area (Å²) < 4.78 is 22.6. The van der Waals surface area contributed by atoms with E-state index in [2.05, 4.69) is 28.1 Å². The Morgan fingerprint density at radius 3 is 2.58 bits per heavy atom. The number of amides is 1. The van der Waals surface area contributed by atoms with E-state index in [0.717, 1.165) is 18.4 Å². The van der Waals surface area contributed by atoms with Crippen LogP contribution in [-0.4, -0.2) is 49.6 Å². The zero-order valence-corrected chi connectivity index (χ0v) is 24.1. The highest BCUT2D eigenvalue weighted by atomic mass is 32.1. The number of unbranched alkanes of at least 4 members (excludes halogenated alkanes) is 1. The summed E-state index contributed by atoms with van der Waals surface area (Å²) in [6.45, 7) is 8.55. The van der Waals surface area contributed by atoms with Gasteiger partial charge in [-0.2, -0.15) is 5.10 Å². The number of benzene rings is 2. The molecule has 0 spiro atoms. The van der Waals surface area contributed by atoms with Crippen molar-refractivity contribution in [1.82, 2.24) is 16.1 Å². The summed E-state index contributed by atoms with van der Waals surface area (Å²) in [7, 11) is 0. The van der Waals surface area contributed by atoms with Gasteiger partial charge in [-0.3, -0.25) is 4.79 Å². The Labute approximate surface area is 240 Å². The number of nitrogens with zero attached hydrogens (tertiary/aromatic N) is 1. The quantitative estimate of drug-likeness (QED) is 0.102. The number of para-hydroxylation sites is 1. The van der Waals surface area contributed by atoms with E-state index < -0.39 is 17.9 Å². The molecule has 11 heteroatoms. The number of thiocarbonyl (C=S) groups is 1. The van der Waals surface area contributed by atoms with E-state index in [0.29, 0.717) is 52.4 Å². The molecule has 40 heavy (non-hydrogen) atoms. The number of carbonyl (C=O) groups excluding carboxylic acids is 2. The Bertz CT molecular complexity index is 1260. The molecule has 1 aliphatic heterocycles. The third kappa shape index (κ3) is 8.44. The van der Waals surface area contributed by atoms with Crippen LogP contribution in [0.15, 0.2) is 58.8 Å². The average Bonchev–Trinajstić information content (AvgIpc) is 2.93. The van der Waals surface area contributed by atoms with Crippen LogP contribution in [0.25, 0.3) is 0 Å². The number of esters is 1. The highest BCUT2D eigenvalue weighted by molar-refractivity contribution is 7.80. The predicted molar refractivity (Wildman–Crippen MR) is 157 cm³/mol. The Morgan fingerprint density at radius 1 is 1.02 bits per heavy atom. The monoisotopic (exact) mass is 568 g/mol. The van der Waals surface area contributed by atoms with E-state index in [-0.39, 0.29) is 13.2 Å². The van der Waals surface area contributed by atoms with Gasteiger partial charge in [0.2, 0.25) is 0 Å². The van der Waals surface area contributed by atoms with Crippen LogP contribution >= 0.6 is 12.2 Å². The summed E-state index contributed by atoms with van der Waals surface area (Å²) in [6.07, 6.45) is 3.51. The van der Waals surface area contributed by atoms with E-state index in [4.69, 9.17) is 31.2 Å². The molecule has 0 aliphatic carbocycles. The minimum absolute atomic E-state index is 0.232. The van der Waals surface area contributed by atoms with Gasteiger partial charge in [0.1, 0.15) is 5.75 Å². The number of carbonyl (C=O) groups is 2. The van der Waals surface area contributed by atoms with E-state index in [1.165, 1.54) is 6.21 Å². The van der Waals surface area contributed by atoms with Crippen molar-refractivity contribution in [2.75, 3.05) is 26.4 Å². The molecule has 0 bridgehead atoms. The molecular weight excluding hydrogens is 532 g/mol. The fraction of sp³-hybridized carbons (Fsp3) is 0.379. The molecule has 0 unspecified atom stereocenters. The van der Waals surface area contributed by atoms with Gasteiger partial charge in [-0.1, -0.05) is 31.5 Å². The number of ether oxygens (including phenoxy) is 4.